The summed E-state index contributed by atoms with van der Waals surface area (Å²) in [6.07, 6.45) is 7.66. The van der Waals surface area contributed by atoms with Crippen molar-refractivity contribution in [3.63, 3.8) is 0 Å². The number of nitrogens with zero attached hydrogens (tertiary/aromatic N) is 2. The van der Waals surface area contributed by atoms with E-state index in [1.807, 2.05) is 61.3 Å². The van der Waals surface area contributed by atoms with Gasteiger partial charge in [0, 0.05) is 42.2 Å². The lowest BCUT2D eigenvalue weighted by atomic mass is 9.63. The van der Waals surface area contributed by atoms with Gasteiger partial charge in [0.05, 0.1) is 5.60 Å². The van der Waals surface area contributed by atoms with E-state index in [9.17, 15) is 14.7 Å². The Morgan fingerprint density at radius 2 is 1.63 bits per heavy atom. The number of amides is 2. The largest absolute Gasteiger partial charge is 0.390 e. The molecule has 3 aromatic rings. The van der Waals surface area contributed by atoms with Crippen LogP contribution in [-0.2, 0) is 15.1 Å². The third-order valence-corrected chi connectivity index (χ3v) is 9.25. The second-order valence-corrected chi connectivity index (χ2v) is 13.2. The monoisotopic (exact) mass is 582 g/mol. The first-order valence-corrected chi connectivity index (χ1v) is 15.8. The number of carbonyl (C=O) groups is 2. The molecule has 43 heavy (non-hydrogen) atoms. The lowest BCUT2D eigenvalue weighted by molar-refractivity contribution is -0.136. The summed E-state index contributed by atoms with van der Waals surface area (Å²) in [7, 11) is 0. The summed E-state index contributed by atoms with van der Waals surface area (Å²) in [6.45, 7) is 7.92. The van der Waals surface area contributed by atoms with Crippen LogP contribution < -0.4 is 11.1 Å². The molecule has 0 aliphatic heterocycles. The molecular weight excluding hydrogens is 536 g/mol. The van der Waals surface area contributed by atoms with Crippen molar-refractivity contribution in [3.8, 4) is 22.3 Å². The van der Waals surface area contributed by atoms with Crippen molar-refractivity contribution in [2.24, 2.45) is 11.7 Å². The second-order valence-electron chi connectivity index (χ2n) is 13.2. The summed E-state index contributed by atoms with van der Waals surface area (Å²) >= 11 is 0. The Labute approximate surface area is 255 Å². The van der Waals surface area contributed by atoms with Crippen LogP contribution in [0, 0.1) is 5.92 Å². The molecule has 2 aliphatic carbocycles. The van der Waals surface area contributed by atoms with Crippen molar-refractivity contribution in [3.05, 3.63) is 72.4 Å². The van der Waals surface area contributed by atoms with Crippen molar-refractivity contribution in [2.75, 3.05) is 5.32 Å². The van der Waals surface area contributed by atoms with Crippen molar-refractivity contribution in [1.82, 2.24) is 9.88 Å². The first-order valence-electron chi connectivity index (χ1n) is 15.8. The third kappa shape index (κ3) is 7.00. The van der Waals surface area contributed by atoms with Crippen LogP contribution >= 0.6 is 0 Å². The summed E-state index contributed by atoms with van der Waals surface area (Å²) in [5.41, 5.74) is 10.4. The fraction of sp³-hybridized carbons (Fsp3) is 0.472. The zero-order valence-corrected chi connectivity index (χ0v) is 26.0. The van der Waals surface area contributed by atoms with Gasteiger partial charge in [-0.05, 0) is 93.5 Å². The van der Waals surface area contributed by atoms with Crippen LogP contribution in [0.2, 0.25) is 0 Å². The van der Waals surface area contributed by atoms with Gasteiger partial charge in [0.2, 0.25) is 11.8 Å². The SMILES string of the molecule is CCC(=O)N(C(C)C)C1CCC(CC(=O)Nc2cc(-c3ccccc3)c(-c3ccc([C@]4(N)C[C@](C)(O)C4)cc3)cn2)CC1. The Morgan fingerprint density at radius 1 is 1.00 bits per heavy atom. The number of nitrogens with two attached hydrogens (primary N) is 1. The van der Waals surface area contributed by atoms with Gasteiger partial charge in [0.15, 0.2) is 0 Å². The Balaban J connectivity index is 1.27. The highest BCUT2D eigenvalue weighted by molar-refractivity contribution is 5.92. The molecule has 2 saturated carbocycles. The minimum atomic E-state index is -0.707. The number of hydrogen-bond acceptors (Lipinski definition) is 5. The zero-order valence-electron chi connectivity index (χ0n) is 26.0. The van der Waals surface area contributed by atoms with Gasteiger partial charge in [0.25, 0.3) is 0 Å². The predicted molar refractivity (Wildman–Crippen MR) is 172 cm³/mol. The van der Waals surface area contributed by atoms with Gasteiger partial charge in [-0.3, -0.25) is 9.59 Å². The zero-order chi connectivity index (χ0) is 30.8. The molecule has 2 aromatic carbocycles. The van der Waals surface area contributed by atoms with Crippen LogP contribution in [0.5, 0.6) is 0 Å². The van der Waals surface area contributed by atoms with E-state index in [1.165, 1.54) is 0 Å². The van der Waals surface area contributed by atoms with Crippen molar-refractivity contribution < 1.29 is 14.7 Å². The summed E-state index contributed by atoms with van der Waals surface area (Å²) in [4.78, 5) is 32.3. The maximum absolute atomic E-state index is 13.1. The molecule has 0 saturated heterocycles. The first kappa shape index (κ1) is 30.9. The molecule has 2 amide bonds. The molecule has 0 radical (unpaired) electrons. The molecule has 0 atom stereocenters. The van der Waals surface area contributed by atoms with Crippen LogP contribution in [0.3, 0.4) is 0 Å². The Hall–Kier alpha value is -3.55. The number of aromatic nitrogens is 1. The maximum atomic E-state index is 13.1. The molecule has 0 bridgehead atoms. The molecule has 2 aliphatic rings. The van der Waals surface area contributed by atoms with Gasteiger partial charge in [0.1, 0.15) is 5.82 Å². The number of aliphatic hydroxyl groups is 1. The average Bonchev–Trinajstić information content (AvgIpc) is 2.97. The lowest BCUT2D eigenvalue weighted by Crippen LogP contribution is -2.58. The van der Waals surface area contributed by atoms with E-state index >= 15 is 0 Å². The van der Waals surface area contributed by atoms with Crippen LogP contribution in [0.15, 0.2) is 66.9 Å². The molecule has 7 heteroatoms. The molecule has 7 nitrogen and oxygen atoms in total. The topological polar surface area (TPSA) is 109 Å². The number of pyridine rings is 1. The molecule has 0 spiro atoms. The number of anilines is 1. The number of rotatable bonds is 9. The van der Waals surface area contributed by atoms with E-state index in [4.69, 9.17) is 5.73 Å². The Kier molecular flexibility index (Phi) is 9.04. The van der Waals surface area contributed by atoms with Gasteiger partial charge < -0.3 is 21.1 Å². The van der Waals surface area contributed by atoms with E-state index in [0.717, 1.165) is 53.5 Å². The summed E-state index contributed by atoms with van der Waals surface area (Å²) < 4.78 is 0. The molecule has 1 aromatic heterocycles. The second kappa shape index (κ2) is 12.6. The highest BCUT2D eigenvalue weighted by Gasteiger charge is 2.49. The normalized spacial score (nSPS) is 25.2. The molecule has 5 rings (SSSR count). The Bertz CT molecular complexity index is 1420. The van der Waals surface area contributed by atoms with Gasteiger partial charge in [-0.15, -0.1) is 0 Å². The number of hydrogen-bond donors (Lipinski definition) is 3. The van der Waals surface area contributed by atoms with Gasteiger partial charge in [-0.1, -0.05) is 61.5 Å². The minimum Gasteiger partial charge on any atom is -0.390 e. The van der Waals surface area contributed by atoms with Gasteiger partial charge >= 0.3 is 0 Å². The highest BCUT2D eigenvalue weighted by atomic mass is 16.3. The van der Waals surface area contributed by atoms with Gasteiger partial charge in [-0.2, -0.15) is 0 Å². The fourth-order valence-corrected chi connectivity index (χ4v) is 7.28. The smallest absolute Gasteiger partial charge is 0.225 e. The van der Waals surface area contributed by atoms with Crippen molar-refractivity contribution in [2.45, 2.75) is 102 Å². The molecule has 1 heterocycles. The first-order chi connectivity index (χ1) is 20.5. The molecule has 2 fully saturated rings. The number of carbonyl (C=O) groups excluding carboxylic acids is 2. The summed E-state index contributed by atoms with van der Waals surface area (Å²) in [5, 5.41) is 13.3. The van der Waals surface area contributed by atoms with E-state index in [1.54, 1.807) is 0 Å². The van der Waals surface area contributed by atoms with E-state index in [0.29, 0.717) is 37.4 Å². The minimum absolute atomic E-state index is 0.0259. The maximum Gasteiger partial charge on any atom is 0.225 e. The fourth-order valence-electron chi connectivity index (χ4n) is 7.28. The molecule has 228 valence electrons. The van der Waals surface area contributed by atoms with E-state index in [-0.39, 0.29) is 23.9 Å². The van der Waals surface area contributed by atoms with Crippen LogP contribution in [0.25, 0.3) is 22.3 Å². The highest BCUT2D eigenvalue weighted by Crippen LogP contribution is 2.46. The van der Waals surface area contributed by atoms with Crippen LogP contribution in [-0.4, -0.2) is 44.5 Å². The van der Waals surface area contributed by atoms with Crippen molar-refractivity contribution >= 4 is 17.6 Å². The molecule has 0 unspecified atom stereocenters. The van der Waals surface area contributed by atoms with Crippen LogP contribution in [0.1, 0.15) is 84.6 Å². The standard InChI is InChI=1S/C36H46N4O3/c1-5-34(42)40(24(2)3)29-17-11-25(12-18-29)19-33(41)39-32-20-30(26-9-7-6-8-10-26)31(21-38-32)27-13-15-28(16-14-27)36(37)22-35(4,43)23-36/h6-10,13-16,20-21,24-25,29,43H,5,11-12,17-19,22-23,37H2,1-4H3,(H,38,39,41)/t25?,29?,35-,36-. The van der Waals surface area contributed by atoms with Crippen LogP contribution in [0.4, 0.5) is 5.82 Å². The number of benzene rings is 2. The Morgan fingerprint density at radius 3 is 2.21 bits per heavy atom. The quantitative estimate of drug-likeness (QED) is 0.262. The van der Waals surface area contributed by atoms with Crippen molar-refractivity contribution in [1.29, 1.82) is 0 Å². The average molecular weight is 583 g/mol. The molecular formula is C36H46N4O3. The lowest BCUT2D eigenvalue weighted by Gasteiger charge is -2.49. The van der Waals surface area contributed by atoms with E-state index in [2.05, 4.69) is 48.4 Å². The van der Waals surface area contributed by atoms with Gasteiger partial charge in [-0.25, -0.2) is 4.98 Å². The van der Waals surface area contributed by atoms with E-state index < -0.39 is 11.1 Å². The summed E-state index contributed by atoms with van der Waals surface area (Å²) in [6, 6.07) is 20.7. The molecule has 4 N–H and O–H groups in total. The third-order valence-electron chi connectivity index (χ3n) is 9.25. The predicted octanol–water partition coefficient (Wildman–Crippen LogP) is 6.65. The number of nitrogens with one attached hydrogen (secondary N) is 1. The summed E-state index contributed by atoms with van der Waals surface area (Å²) in [5.74, 6) is 1.03.